The highest BCUT2D eigenvalue weighted by Crippen LogP contribution is 2.29. The molecule has 1 aromatic carbocycles. The largest absolute Gasteiger partial charge is 0.353 e. The summed E-state index contributed by atoms with van der Waals surface area (Å²) in [4.78, 5) is 28.8. The predicted octanol–water partition coefficient (Wildman–Crippen LogP) is 2.44. The zero-order valence-electron chi connectivity index (χ0n) is 16.5. The third kappa shape index (κ3) is 4.54. The number of nitrogens with zero attached hydrogens (tertiary/aromatic N) is 4. The molecule has 3 heterocycles. The van der Waals surface area contributed by atoms with E-state index in [-0.39, 0.29) is 24.1 Å². The van der Waals surface area contributed by atoms with Gasteiger partial charge >= 0.3 is 0 Å². The number of carbonyl (C=O) groups excluding carboxylic acids is 1. The Labute approximate surface area is 173 Å². The van der Waals surface area contributed by atoms with Crippen molar-refractivity contribution in [1.82, 2.24) is 25.2 Å². The highest BCUT2D eigenvalue weighted by Gasteiger charge is 2.25. The maximum Gasteiger partial charge on any atom is 0.278 e. The lowest BCUT2D eigenvalue weighted by Gasteiger charge is -2.36. The van der Waals surface area contributed by atoms with E-state index in [9.17, 15) is 9.59 Å². The normalized spacial score (nSPS) is 16.7. The van der Waals surface area contributed by atoms with E-state index in [0.29, 0.717) is 17.4 Å². The van der Waals surface area contributed by atoms with Crippen LogP contribution in [0.3, 0.4) is 0 Å². The van der Waals surface area contributed by atoms with Crippen LogP contribution in [0, 0.1) is 5.92 Å². The van der Waals surface area contributed by atoms with Gasteiger partial charge in [-0.05, 0) is 55.4 Å². The molecule has 0 saturated carbocycles. The quantitative estimate of drug-likeness (QED) is 0.674. The molecule has 1 amide bonds. The highest BCUT2D eigenvalue weighted by atomic mass is 32.1. The predicted molar refractivity (Wildman–Crippen MR) is 114 cm³/mol. The van der Waals surface area contributed by atoms with E-state index in [2.05, 4.69) is 38.9 Å². The van der Waals surface area contributed by atoms with Crippen LogP contribution in [0.2, 0.25) is 0 Å². The second kappa shape index (κ2) is 8.84. The van der Waals surface area contributed by atoms with Crippen LogP contribution in [-0.4, -0.2) is 45.4 Å². The van der Waals surface area contributed by atoms with E-state index < -0.39 is 0 Å². The summed E-state index contributed by atoms with van der Waals surface area (Å²) in [5.74, 6) is 0.520. The smallest absolute Gasteiger partial charge is 0.278 e. The van der Waals surface area contributed by atoms with Crippen LogP contribution < -0.4 is 10.9 Å². The van der Waals surface area contributed by atoms with Gasteiger partial charge in [-0.15, -0.1) is 16.4 Å². The van der Waals surface area contributed by atoms with Crippen molar-refractivity contribution >= 4 is 28.1 Å². The number of piperidine rings is 1. The molecule has 1 atom stereocenters. The number of hydrogen-bond donors (Lipinski definition) is 1. The average molecular weight is 412 g/mol. The Bertz CT molecular complexity index is 1020. The minimum Gasteiger partial charge on any atom is -0.353 e. The summed E-state index contributed by atoms with van der Waals surface area (Å²) in [6.07, 6.45) is 2.36. The first-order valence-corrected chi connectivity index (χ1v) is 10.9. The first-order valence-electron chi connectivity index (χ1n) is 9.98. The number of carbonyl (C=O) groups is 1. The summed E-state index contributed by atoms with van der Waals surface area (Å²) < 4.78 is 1.13. The van der Waals surface area contributed by atoms with Gasteiger partial charge in [-0.25, -0.2) is 4.68 Å². The Balaban J connectivity index is 1.43. The third-order valence-electron chi connectivity index (χ3n) is 5.55. The van der Waals surface area contributed by atoms with Crippen LogP contribution in [0.15, 0.2) is 46.6 Å². The lowest BCUT2D eigenvalue weighted by molar-refractivity contribution is -0.122. The van der Waals surface area contributed by atoms with Crippen LogP contribution in [0.25, 0.3) is 10.9 Å². The standard InChI is InChI=1S/C21H25N5O2S/c1-15-8-10-25(11-9-15)18(19-7-4-12-29-19)13-22-20(27)14-26-21(28)16-5-2-3-6-17(16)23-24-26/h2-7,12,15,18H,8-11,13-14H2,1H3,(H,22,27). The van der Waals surface area contributed by atoms with Crippen molar-refractivity contribution in [3.63, 3.8) is 0 Å². The Kier molecular flexibility index (Phi) is 6.01. The van der Waals surface area contributed by atoms with Gasteiger partial charge in [0.05, 0.1) is 11.4 Å². The fraction of sp³-hybridized carbons (Fsp3) is 0.429. The molecule has 152 valence electrons. The van der Waals surface area contributed by atoms with Crippen LogP contribution in [0.4, 0.5) is 0 Å². The summed E-state index contributed by atoms with van der Waals surface area (Å²) in [5, 5.41) is 13.5. The molecule has 29 heavy (non-hydrogen) atoms. The Morgan fingerprint density at radius 1 is 1.24 bits per heavy atom. The Hall–Kier alpha value is -2.58. The molecule has 1 unspecified atom stereocenters. The second-order valence-corrected chi connectivity index (χ2v) is 8.60. The first kappa shape index (κ1) is 19.7. The zero-order chi connectivity index (χ0) is 20.2. The SMILES string of the molecule is CC1CCN(C(CNC(=O)Cn2nnc3ccccc3c2=O)c2cccs2)CC1. The van der Waals surface area contributed by atoms with Crippen molar-refractivity contribution in [1.29, 1.82) is 0 Å². The van der Waals surface area contributed by atoms with Crippen LogP contribution in [-0.2, 0) is 11.3 Å². The van der Waals surface area contributed by atoms with Crippen LogP contribution in [0.5, 0.6) is 0 Å². The van der Waals surface area contributed by atoms with E-state index in [1.165, 1.54) is 17.7 Å². The first-order chi connectivity index (χ1) is 14.1. The topological polar surface area (TPSA) is 80.1 Å². The van der Waals surface area contributed by atoms with Crippen molar-refractivity contribution in [3.05, 3.63) is 57.0 Å². The van der Waals surface area contributed by atoms with E-state index in [4.69, 9.17) is 0 Å². The molecule has 0 spiro atoms. The molecule has 1 aliphatic heterocycles. The molecule has 2 aromatic heterocycles. The second-order valence-electron chi connectivity index (χ2n) is 7.62. The van der Waals surface area contributed by atoms with Gasteiger partial charge in [-0.1, -0.05) is 30.3 Å². The van der Waals surface area contributed by atoms with E-state index >= 15 is 0 Å². The molecule has 0 bridgehead atoms. The Morgan fingerprint density at radius 2 is 2.03 bits per heavy atom. The molecule has 1 N–H and O–H groups in total. The minimum atomic E-state index is -0.300. The van der Waals surface area contributed by atoms with Gasteiger partial charge in [0.25, 0.3) is 5.56 Å². The fourth-order valence-electron chi connectivity index (χ4n) is 3.76. The number of rotatable bonds is 6. The summed E-state index contributed by atoms with van der Waals surface area (Å²) >= 11 is 1.71. The molecular weight excluding hydrogens is 386 g/mol. The Morgan fingerprint density at radius 3 is 2.79 bits per heavy atom. The number of hydrogen-bond acceptors (Lipinski definition) is 6. The minimum absolute atomic E-state index is 0.134. The van der Waals surface area contributed by atoms with Crippen LogP contribution in [0.1, 0.15) is 30.7 Å². The molecule has 1 saturated heterocycles. The van der Waals surface area contributed by atoms with Crippen molar-refractivity contribution in [2.24, 2.45) is 5.92 Å². The number of aromatic nitrogens is 3. The van der Waals surface area contributed by atoms with Crippen LogP contribution >= 0.6 is 11.3 Å². The maximum absolute atomic E-state index is 12.6. The summed E-state index contributed by atoms with van der Waals surface area (Å²) in [6.45, 7) is 4.75. The molecule has 1 aliphatic rings. The molecule has 3 aromatic rings. The zero-order valence-corrected chi connectivity index (χ0v) is 17.3. The molecule has 4 rings (SSSR count). The number of likely N-dealkylation sites (tertiary alicyclic amines) is 1. The van der Waals surface area contributed by atoms with Crippen molar-refractivity contribution < 1.29 is 4.79 Å². The summed E-state index contributed by atoms with van der Waals surface area (Å²) in [6, 6.07) is 11.3. The number of amides is 1. The molecule has 0 aliphatic carbocycles. The lowest BCUT2D eigenvalue weighted by Crippen LogP contribution is -2.43. The number of fused-ring (bicyclic) bond motifs is 1. The van der Waals surface area contributed by atoms with Crippen molar-refractivity contribution in [2.75, 3.05) is 19.6 Å². The third-order valence-corrected chi connectivity index (χ3v) is 6.52. The number of thiophene rings is 1. The van der Waals surface area contributed by atoms with Gasteiger partial charge in [-0.3, -0.25) is 14.5 Å². The van der Waals surface area contributed by atoms with Gasteiger partial charge in [0.1, 0.15) is 12.1 Å². The molecule has 8 heteroatoms. The van der Waals surface area contributed by atoms with E-state index in [0.717, 1.165) is 23.7 Å². The maximum atomic E-state index is 12.6. The molecule has 7 nitrogen and oxygen atoms in total. The lowest BCUT2D eigenvalue weighted by atomic mass is 9.97. The van der Waals surface area contributed by atoms with Gasteiger partial charge in [0.15, 0.2) is 0 Å². The van der Waals surface area contributed by atoms with Crippen molar-refractivity contribution in [3.8, 4) is 0 Å². The molecule has 0 radical (unpaired) electrons. The fourth-order valence-corrected chi connectivity index (χ4v) is 4.62. The number of benzene rings is 1. The van der Waals surface area contributed by atoms with E-state index in [1.807, 2.05) is 6.07 Å². The molecule has 1 fully saturated rings. The number of nitrogens with one attached hydrogen (secondary N) is 1. The summed E-state index contributed by atoms with van der Waals surface area (Å²) in [7, 11) is 0. The van der Waals surface area contributed by atoms with Gasteiger partial charge < -0.3 is 5.32 Å². The average Bonchev–Trinajstić information content (AvgIpc) is 3.26. The van der Waals surface area contributed by atoms with Crippen molar-refractivity contribution in [2.45, 2.75) is 32.4 Å². The van der Waals surface area contributed by atoms with Gasteiger partial charge in [0, 0.05) is 11.4 Å². The highest BCUT2D eigenvalue weighted by molar-refractivity contribution is 7.10. The van der Waals surface area contributed by atoms with Gasteiger partial charge in [-0.2, -0.15) is 0 Å². The molecular formula is C21H25N5O2S. The monoisotopic (exact) mass is 411 g/mol. The van der Waals surface area contributed by atoms with Gasteiger partial charge in [0.2, 0.25) is 5.91 Å². The summed E-state index contributed by atoms with van der Waals surface area (Å²) in [5.41, 5.74) is 0.233. The van der Waals surface area contributed by atoms with E-state index in [1.54, 1.807) is 35.6 Å².